The molecular formula is C26H27N5O3. The zero-order valence-corrected chi connectivity index (χ0v) is 19.9. The molecule has 0 bridgehead atoms. The van der Waals surface area contributed by atoms with Crippen molar-refractivity contribution in [3.63, 3.8) is 0 Å². The molecule has 0 amide bonds. The highest BCUT2D eigenvalue weighted by molar-refractivity contribution is 5.62. The molecule has 8 nitrogen and oxygen atoms in total. The van der Waals surface area contributed by atoms with Crippen LogP contribution in [0.2, 0.25) is 0 Å². The fourth-order valence-corrected chi connectivity index (χ4v) is 3.54. The van der Waals surface area contributed by atoms with Crippen molar-refractivity contribution >= 4 is 0 Å². The smallest absolute Gasteiger partial charge is 0.264 e. The summed E-state index contributed by atoms with van der Waals surface area (Å²) >= 11 is 0. The molecule has 0 saturated heterocycles. The van der Waals surface area contributed by atoms with Gasteiger partial charge in [0.05, 0.1) is 29.7 Å². The third kappa shape index (κ3) is 4.80. The van der Waals surface area contributed by atoms with Crippen molar-refractivity contribution in [2.45, 2.75) is 40.2 Å². The molecule has 0 unspecified atom stereocenters. The van der Waals surface area contributed by atoms with Crippen molar-refractivity contribution < 1.29 is 9.47 Å². The lowest BCUT2D eigenvalue weighted by atomic mass is 10.1. The summed E-state index contributed by atoms with van der Waals surface area (Å²) in [7, 11) is 1.56. The van der Waals surface area contributed by atoms with E-state index in [-0.39, 0.29) is 24.0 Å². The van der Waals surface area contributed by atoms with Gasteiger partial charge in [-0.15, -0.1) is 0 Å². The summed E-state index contributed by atoms with van der Waals surface area (Å²) < 4.78 is 12.6. The standard InChI is InChI=1S/C26H27N5O3/c1-16(2)24-27-13-12-22(30-24)19-8-6-10-21(14-19)31-18(4)28-25(17(3)26(31)32)34-15-20-9-7-11-23(29-20)33-5/h6-14,16H,15H2,1-5H3. The molecule has 3 heterocycles. The number of benzene rings is 1. The van der Waals surface area contributed by atoms with E-state index in [9.17, 15) is 4.79 Å². The van der Waals surface area contributed by atoms with Gasteiger partial charge in [-0.25, -0.2) is 15.0 Å². The highest BCUT2D eigenvalue weighted by Gasteiger charge is 2.15. The maximum atomic E-state index is 13.3. The van der Waals surface area contributed by atoms with Gasteiger partial charge in [-0.2, -0.15) is 4.98 Å². The number of pyridine rings is 1. The van der Waals surface area contributed by atoms with Crippen LogP contribution in [-0.2, 0) is 6.61 Å². The van der Waals surface area contributed by atoms with E-state index in [0.717, 1.165) is 17.1 Å². The number of nitrogens with zero attached hydrogens (tertiary/aromatic N) is 5. The molecule has 4 rings (SSSR count). The Kier molecular flexibility index (Phi) is 6.67. The predicted octanol–water partition coefficient (Wildman–Crippen LogP) is 4.41. The minimum Gasteiger partial charge on any atom is -0.481 e. The van der Waals surface area contributed by atoms with E-state index in [1.54, 1.807) is 37.8 Å². The van der Waals surface area contributed by atoms with Crippen LogP contribution in [0.1, 0.15) is 42.7 Å². The normalized spacial score (nSPS) is 11.0. The average Bonchev–Trinajstić information content (AvgIpc) is 2.86. The summed E-state index contributed by atoms with van der Waals surface area (Å²) in [5.74, 6) is 2.31. The molecule has 174 valence electrons. The van der Waals surface area contributed by atoms with Gasteiger partial charge in [0, 0.05) is 23.7 Å². The molecule has 8 heteroatoms. The summed E-state index contributed by atoms with van der Waals surface area (Å²) in [5, 5.41) is 0. The van der Waals surface area contributed by atoms with Crippen molar-refractivity contribution in [2.24, 2.45) is 0 Å². The molecule has 0 spiro atoms. The van der Waals surface area contributed by atoms with Crippen molar-refractivity contribution in [2.75, 3.05) is 7.11 Å². The number of aryl methyl sites for hydroxylation is 1. The Morgan fingerprint density at radius 3 is 2.56 bits per heavy atom. The lowest BCUT2D eigenvalue weighted by Gasteiger charge is -2.15. The molecule has 0 radical (unpaired) electrons. The number of rotatable bonds is 7. The van der Waals surface area contributed by atoms with Gasteiger partial charge in [0.25, 0.3) is 5.56 Å². The molecule has 0 aliphatic rings. The summed E-state index contributed by atoms with van der Waals surface area (Å²) in [6.07, 6.45) is 1.76. The summed E-state index contributed by atoms with van der Waals surface area (Å²) in [6.45, 7) is 7.78. The van der Waals surface area contributed by atoms with E-state index in [1.807, 2.05) is 42.5 Å². The number of hydrogen-bond acceptors (Lipinski definition) is 7. The average molecular weight is 458 g/mol. The van der Waals surface area contributed by atoms with Gasteiger partial charge in [-0.05, 0) is 38.1 Å². The largest absolute Gasteiger partial charge is 0.481 e. The third-order valence-corrected chi connectivity index (χ3v) is 5.37. The van der Waals surface area contributed by atoms with Crippen LogP contribution in [-0.4, -0.2) is 31.6 Å². The number of aromatic nitrogens is 5. The van der Waals surface area contributed by atoms with Crippen molar-refractivity contribution in [3.05, 3.63) is 88.0 Å². The van der Waals surface area contributed by atoms with E-state index >= 15 is 0 Å². The molecule has 0 aliphatic heterocycles. The first-order chi connectivity index (χ1) is 16.4. The van der Waals surface area contributed by atoms with Gasteiger partial charge < -0.3 is 9.47 Å². The fourth-order valence-electron chi connectivity index (χ4n) is 3.54. The predicted molar refractivity (Wildman–Crippen MR) is 130 cm³/mol. The van der Waals surface area contributed by atoms with Gasteiger partial charge in [-0.1, -0.05) is 32.0 Å². The summed E-state index contributed by atoms with van der Waals surface area (Å²) in [6, 6.07) is 15.0. The minimum absolute atomic E-state index is 0.176. The first-order valence-corrected chi connectivity index (χ1v) is 11.0. The molecule has 0 aliphatic carbocycles. The number of methoxy groups -OCH3 is 1. The Hall–Kier alpha value is -4.07. The second-order valence-electron chi connectivity index (χ2n) is 8.19. The van der Waals surface area contributed by atoms with Crippen LogP contribution in [0.25, 0.3) is 16.9 Å². The van der Waals surface area contributed by atoms with Crippen LogP contribution < -0.4 is 15.0 Å². The van der Waals surface area contributed by atoms with E-state index in [0.29, 0.717) is 28.6 Å². The molecule has 0 N–H and O–H groups in total. The Balaban J connectivity index is 1.65. The van der Waals surface area contributed by atoms with Crippen LogP contribution in [0.5, 0.6) is 11.8 Å². The third-order valence-electron chi connectivity index (χ3n) is 5.37. The number of ether oxygens (including phenoxy) is 2. The minimum atomic E-state index is -0.191. The lowest BCUT2D eigenvalue weighted by molar-refractivity contribution is 0.282. The van der Waals surface area contributed by atoms with Gasteiger partial charge >= 0.3 is 0 Å². The molecule has 3 aromatic heterocycles. The maximum absolute atomic E-state index is 13.3. The fraction of sp³-hybridized carbons (Fsp3) is 0.269. The highest BCUT2D eigenvalue weighted by Crippen LogP contribution is 2.23. The molecule has 34 heavy (non-hydrogen) atoms. The summed E-state index contributed by atoms with van der Waals surface area (Å²) in [4.78, 5) is 31.2. The van der Waals surface area contributed by atoms with Crippen LogP contribution >= 0.6 is 0 Å². The van der Waals surface area contributed by atoms with E-state index < -0.39 is 0 Å². The lowest BCUT2D eigenvalue weighted by Crippen LogP contribution is -2.25. The topological polar surface area (TPSA) is 92.0 Å². The Bertz CT molecular complexity index is 1380. The molecule has 1 aromatic carbocycles. The van der Waals surface area contributed by atoms with Gasteiger partial charge in [0.15, 0.2) is 0 Å². The maximum Gasteiger partial charge on any atom is 0.264 e. The zero-order chi connectivity index (χ0) is 24.2. The molecule has 0 fully saturated rings. The van der Waals surface area contributed by atoms with Crippen molar-refractivity contribution in [3.8, 4) is 28.7 Å². The van der Waals surface area contributed by atoms with Gasteiger partial charge in [0.1, 0.15) is 18.3 Å². The SMILES string of the molecule is COc1cccc(COc2nc(C)n(-c3cccc(-c4ccnc(C(C)C)n4)c3)c(=O)c2C)n1. The van der Waals surface area contributed by atoms with Crippen LogP contribution in [0.4, 0.5) is 0 Å². The zero-order valence-electron chi connectivity index (χ0n) is 19.9. The molecule has 0 saturated carbocycles. The van der Waals surface area contributed by atoms with Crippen molar-refractivity contribution in [1.29, 1.82) is 0 Å². The van der Waals surface area contributed by atoms with Crippen LogP contribution in [0, 0.1) is 13.8 Å². The van der Waals surface area contributed by atoms with Crippen LogP contribution in [0.3, 0.4) is 0 Å². The highest BCUT2D eigenvalue weighted by atomic mass is 16.5. The van der Waals surface area contributed by atoms with Crippen LogP contribution in [0.15, 0.2) is 59.5 Å². The summed E-state index contributed by atoms with van der Waals surface area (Å²) in [5.41, 5.74) is 3.32. The van der Waals surface area contributed by atoms with E-state index in [2.05, 4.69) is 33.8 Å². The second-order valence-corrected chi connectivity index (χ2v) is 8.19. The number of hydrogen-bond donors (Lipinski definition) is 0. The van der Waals surface area contributed by atoms with Gasteiger partial charge in [-0.3, -0.25) is 9.36 Å². The van der Waals surface area contributed by atoms with E-state index in [1.165, 1.54) is 0 Å². The second kappa shape index (κ2) is 9.82. The quantitative estimate of drug-likeness (QED) is 0.406. The Morgan fingerprint density at radius 1 is 1.00 bits per heavy atom. The van der Waals surface area contributed by atoms with Crippen molar-refractivity contribution in [1.82, 2.24) is 24.5 Å². The molecule has 4 aromatic rings. The van der Waals surface area contributed by atoms with E-state index in [4.69, 9.17) is 9.47 Å². The first kappa shape index (κ1) is 23.1. The van der Waals surface area contributed by atoms with Gasteiger partial charge in [0.2, 0.25) is 11.8 Å². The molecular weight excluding hydrogens is 430 g/mol. The first-order valence-electron chi connectivity index (χ1n) is 11.0. The monoisotopic (exact) mass is 457 g/mol. The molecule has 0 atom stereocenters. The Labute approximate surface area is 198 Å². The Morgan fingerprint density at radius 2 is 1.79 bits per heavy atom.